The molecule has 0 aromatic heterocycles. The Balaban J connectivity index is 1.44. The molecule has 3 aromatic rings. The van der Waals surface area contributed by atoms with Crippen LogP contribution in [0.5, 0.6) is 0 Å². The monoisotopic (exact) mass is 491 g/mol. The molecule has 1 N–H and O–H groups in total. The number of fused-ring (bicyclic) bond motifs is 3. The molecular formula is C28H29NO5S. The average Bonchev–Trinajstić information content (AvgIpc) is 3.20. The predicted octanol–water partition coefficient (Wildman–Crippen LogP) is 4.45. The molecule has 6 nitrogen and oxygen atoms in total. The minimum absolute atomic E-state index is 0.0470. The van der Waals surface area contributed by atoms with Gasteiger partial charge >= 0.3 is 12.1 Å². The largest absolute Gasteiger partial charge is 0.468 e. The van der Waals surface area contributed by atoms with Gasteiger partial charge in [0, 0.05) is 28.5 Å². The van der Waals surface area contributed by atoms with Crippen LogP contribution in [0.15, 0.2) is 78.9 Å². The number of hydrogen-bond donors (Lipinski definition) is 1. The van der Waals surface area contributed by atoms with Crippen molar-refractivity contribution >= 4 is 22.9 Å². The van der Waals surface area contributed by atoms with Crippen LogP contribution in [-0.2, 0) is 31.5 Å². The minimum atomic E-state index is -1.53. The van der Waals surface area contributed by atoms with Crippen molar-refractivity contribution in [3.8, 4) is 11.1 Å². The van der Waals surface area contributed by atoms with Crippen LogP contribution in [0.25, 0.3) is 11.1 Å². The summed E-state index contributed by atoms with van der Waals surface area (Å²) in [5.74, 6) is -0.479. The Hall–Kier alpha value is -3.45. The number of ether oxygens (including phenoxy) is 2. The number of carbonyl (C=O) groups is 2. The summed E-state index contributed by atoms with van der Waals surface area (Å²) in [5, 5.41) is 2.08. The fourth-order valence-electron chi connectivity index (χ4n) is 4.47. The van der Waals surface area contributed by atoms with E-state index in [-0.39, 0.29) is 18.3 Å². The van der Waals surface area contributed by atoms with Crippen LogP contribution in [0.1, 0.15) is 29.5 Å². The number of methoxy groups -OCH3 is 1. The Bertz CT molecular complexity index is 1170. The topological polar surface area (TPSA) is 81.7 Å². The number of esters is 1. The highest BCUT2D eigenvalue weighted by atomic mass is 32.2. The van der Waals surface area contributed by atoms with Crippen molar-refractivity contribution in [2.24, 2.45) is 0 Å². The summed E-state index contributed by atoms with van der Waals surface area (Å²) in [6.07, 6.45) is -0.111. The molecule has 0 bridgehead atoms. The van der Waals surface area contributed by atoms with Gasteiger partial charge in [-0.25, -0.2) is 4.79 Å². The third kappa shape index (κ3) is 5.80. The van der Waals surface area contributed by atoms with Crippen LogP contribution in [-0.4, -0.2) is 47.0 Å². The van der Waals surface area contributed by atoms with Crippen LogP contribution < -0.4 is 5.32 Å². The lowest BCUT2D eigenvalue weighted by molar-refractivity contribution is -0.139. The van der Waals surface area contributed by atoms with Gasteiger partial charge in [0.25, 0.3) is 0 Å². The first-order chi connectivity index (χ1) is 17.0. The highest BCUT2D eigenvalue weighted by Crippen LogP contribution is 2.44. The van der Waals surface area contributed by atoms with Crippen molar-refractivity contribution in [2.45, 2.75) is 30.6 Å². The first-order valence-corrected chi connectivity index (χ1v) is 13.0. The Morgan fingerprint density at radius 3 is 2.09 bits per heavy atom. The molecule has 3 aromatic carbocycles. The average molecular weight is 492 g/mol. The van der Waals surface area contributed by atoms with Gasteiger partial charge in [-0.1, -0.05) is 78.9 Å². The molecule has 0 saturated heterocycles. The van der Waals surface area contributed by atoms with Crippen LogP contribution in [0.2, 0.25) is 0 Å². The van der Waals surface area contributed by atoms with E-state index in [1.807, 2.05) is 54.6 Å². The Morgan fingerprint density at radius 1 is 0.914 bits per heavy atom. The normalized spacial score (nSPS) is 14.8. The summed E-state index contributed by atoms with van der Waals surface area (Å²) < 4.78 is 23.2. The Morgan fingerprint density at radius 2 is 1.49 bits per heavy atom. The molecule has 0 spiro atoms. The van der Waals surface area contributed by atoms with Gasteiger partial charge in [-0.3, -0.25) is 9.00 Å². The summed E-state index contributed by atoms with van der Waals surface area (Å²) in [6, 6.07) is 25.5. The minimum Gasteiger partial charge on any atom is -0.468 e. The number of hydrogen-bond acceptors (Lipinski definition) is 5. The van der Waals surface area contributed by atoms with Crippen molar-refractivity contribution in [1.82, 2.24) is 5.32 Å². The third-order valence-electron chi connectivity index (χ3n) is 6.28. The smallest absolute Gasteiger partial charge is 0.407 e. The zero-order valence-electron chi connectivity index (χ0n) is 19.8. The highest BCUT2D eigenvalue weighted by Gasteiger charge is 2.30. The SMILES string of the molecule is COC(=O)[C@@H](C)S(=O)C[C@H](Cc1ccccc1)NC(=O)OCC1c2ccccc2-c2ccccc21. The molecule has 3 atom stereocenters. The first-order valence-electron chi connectivity index (χ1n) is 11.6. The molecule has 0 saturated carbocycles. The molecule has 0 heterocycles. The Labute approximate surface area is 208 Å². The lowest BCUT2D eigenvalue weighted by Gasteiger charge is -2.21. The second kappa shape index (κ2) is 11.3. The molecule has 0 fully saturated rings. The van der Waals surface area contributed by atoms with E-state index in [4.69, 9.17) is 9.47 Å². The van der Waals surface area contributed by atoms with Crippen molar-refractivity contribution < 1.29 is 23.3 Å². The van der Waals surface area contributed by atoms with E-state index >= 15 is 0 Å². The van der Waals surface area contributed by atoms with Gasteiger partial charge < -0.3 is 14.8 Å². The molecule has 0 radical (unpaired) electrons. The number of benzene rings is 3. The molecular weight excluding hydrogens is 462 g/mol. The molecule has 182 valence electrons. The van der Waals surface area contributed by atoms with Gasteiger partial charge in [0.1, 0.15) is 11.9 Å². The quantitative estimate of drug-likeness (QED) is 0.448. The Kier molecular flexibility index (Phi) is 7.98. The maximum absolute atomic E-state index is 12.8. The maximum Gasteiger partial charge on any atom is 0.407 e. The van der Waals surface area contributed by atoms with E-state index in [1.54, 1.807) is 6.92 Å². The molecule has 1 unspecified atom stereocenters. The predicted molar refractivity (Wildman–Crippen MR) is 137 cm³/mol. The van der Waals surface area contributed by atoms with Gasteiger partial charge in [-0.15, -0.1) is 0 Å². The van der Waals surface area contributed by atoms with Crippen LogP contribution in [0.4, 0.5) is 4.79 Å². The summed E-state index contributed by atoms with van der Waals surface area (Å²) in [7, 11) is -0.255. The number of nitrogens with one attached hydrogen (secondary N) is 1. The van der Waals surface area contributed by atoms with Gasteiger partial charge in [0.15, 0.2) is 0 Å². The standard InChI is InChI=1S/C28H29NO5S/c1-19(27(30)33-2)35(32)18-21(16-20-10-4-3-5-11-20)29-28(31)34-17-26-24-14-8-6-12-22(24)23-13-7-9-15-25(23)26/h3-15,19,21,26H,16-18H2,1-2H3,(H,29,31)/t19-,21+,35?/m1/s1. The second-order valence-corrected chi connectivity index (χ2v) is 10.4. The van der Waals surface area contributed by atoms with Crippen LogP contribution >= 0.6 is 0 Å². The lowest BCUT2D eigenvalue weighted by atomic mass is 9.98. The van der Waals surface area contributed by atoms with Crippen molar-refractivity contribution in [1.29, 1.82) is 0 Å². The molecule has 7 heteroatoms. The van der Waals surface area contributed by atoms with Crippen molar-refractivity contribution in [3.63, 3.8) is 0 Å². The number of alkyl carbamates (subject to hydrolysis) is 1. The lowest BCUT2D eigenvalue weighted by Crippen LogP contribution is -2.43. The zero-order chi connectivity index (χ0) is 24.8. The maximum atomic E-state index is 12.8. The fraction of sp³-hybridized carbons (Fsp3) is 0.286. The molecule has 1 aliphatic carbocycles. The molecule has 4 rings (SSSR count). The fourth-order valence-corrected chi connectivity index (χ4v) is 5.67. The van der Waals surface area contributed by atoms with E-state index < -0.39 is 34.2 Å². The molecule has 35 heavy (non-hydrogen) atoms. The molecule has 0 aliphatic heterocycles. The van der Waals surface area contributed by atoms with E-state index in [0.717, 1.165) is 27.8 Å². The number of carbonyl (C=O) groups excluding carboxylic acids is 2. The van der Waals surface area contributed by atoms with Gasteiger partial charge in [-0.2, -0.15) is 0 Å². The van der Waals surface area contributed by atoms with Crippen LogP contribution in [0.3, 0.4) is 0 Å². The van der Waals surface area contributed by atoms with Crippen LogP contribution in [0, 0.1) is 0 Å². The first kappa shape index (κ1) is 24.7. The van der Waals surface area contributed by atoms with Gasteiger partial charge in [0.2, 0.25) is 0 Å². The number of amides is 1. The molecule has 1 aliphatic rings. The highest BCUT2D eigenvalue weighted by molar-refractivity contribution is 7.86. The van der Waals surface area contributed by atoms with E-state index in [0.29, 0.717) is 6.42 Å². The van der Waals surface area contributed by atoms with Crippen molar-refractivity contribution in [2.75, 3.05) is 19.5 Å². The summed E-state index contributed by atoms with van der Waals surface area (Å²) >= 11 is 0. The van der Waals surface area contributed by atoms with Crippen molar-refractivity contribution in [3.05, 3.63) is 95.6 Å². The zero-order valence-corrected chi connectivity index (χ0v) is 20.6. The summed E-state index contributed by atoms with van der Waals surface area (Å²) in [5.41, 5.74) is 5.57. The second-order valence-electron chi connectivity index (χ2n) is 8.57. The summed E-state index contributed by atoms with van der Waals surface area (Å²) in [4.78, 5) is 24.7. The molecule has 1 amide bonds. The summed E-state index contributed by atoms with van der Waals surface area (Å²) in [6.45, 7) is 1.76. The van der Waals surface area contributed by atoms with Gasteiger partial charge in [0.05, 0.1) is 7.11 Å². The number of rotatable bonds is 9. The van der Waals surface area contributed by atoms with Gasteiger partial charge in [-0.05, 0) is 41.2 Å². The van der Waals surface area contributed by atoms with E-state index in [9.17, 15) is 13.8 Å². The third-order valence-corrected chi connectivity index (χ3v) is 8.00. The van der Waals surface area contributed by atoms with E-state index in [1.165, 1.54) is 7.11 Å². The van der Waals surface area contributed by atoms with E-state index in [2.05, 4.69) is 29.6 Å².